The van der Waals surface area contributed by atoms with E-state index in [0.717, 1.165) is 24.3 Å². The molecule has 0 radical (unpaired) electrons. The van der Waals surface area contributed by atoms with Gasteiger partial charge in [0.25, 0.3) is 0 Å². The van der Waals surface area contributed by atoms with Gasteiger partial charge in [-0.1, -0.05) is 12.1 Å². The van der Waals surface area contributed by atoms with E-state index >= 15 is 0 Å². The lowest BCUT2D eigenvalue weighted by atomic mass is 9.86. The summed E-state index contributed by atoms with van der Waals surface area (Å²) in [6.07, 6.45) is -2.33. The van der Waals surface area contributed by atoms with Gasteiger partial charge in [-0.05, 0) is 44.9 Å². The van der Waals surface area contributed by atoms with E-state index in [9.17, 15) is 31.9 Å². The average molecular weight is 552 g/mol. The summed E-state index contributed by atoms with van der Waals surface area (Å²) in [4.78, 5) is 26.2. The first kappa shape index (κ1) is 28.1. The molecular formula is C26H26F5N5O3. The fourth-order valence-corrected chi connectivity index (χ4v) is 4.32. The van der Waals surface area contributed by atoms with Gasteiger partial charge in [0.15, 0.2) is 0 Å². The maximum Gasteiger partial charge on any atom is 0.433 e. The van der Waals surface area contributed by atoms with Gasteiger partial charge >= 0.3 is 12.2 Å². The molecule has 0 bridgehead atoms. The van der Waals surface area contributed by atoms with Crippen LogP contribution in [0.15, 0.2) is 42.6 Å². The van der Waals surface area contributed by atoms with Crippen molar-refractivity contribution in [1.29, 1.82) is 0 Å². The minimum absolute atomic E-state index is 0.200. The van der Waals surface area contributed by atoms with Crippen molar-refractivity contribution in [2.75, 3.05) is 25.0 Å². The SMILES string of the molecule is Cc1ncc(C(C)(O)COc2cccc(C(F)(F)F)n2)c(C2CCN(C(=O)Nc3c(F)cccc3F)CC2)n1. The topological polar surface area (TPSA) is 100 Å². The van der Waals surface area contributed by atoms with Crippen molar-refractivity contribution in [2.24, 2.45) is 0 Å². The third kappa shape index (κ3) is 6.59. The number of aromatic nitrogens is 3. The molecule has 4 rings (SSSR count). The summed E-state index contributed by atoms with van der Waals surface area (Å²) in [7, 11) is 0. The van der Waals surface area contributed by atoms with Gasteiger partial charge in [-0.15, -0.1) is 0 Å². The molecule has 1 atom stereocenters. The number of carbonyl (C=O) groups is 1. The molecule has 39 heavy (non-hydrogen) atoms. The second-order valence-electron chi connectivity index (χ2n) is 9.43. The first-order chi connectivity index (χ1) is 18.3. The van der Waals surface area contributed by atoms with Gasteiger partial charge in [-0.2, -0.15) is 13.2 Å². The number of nitrogens with one attached hydrogen (secondary N) is 1. The minimum Gasteiger partial charge on any atom is -0.474 e. The van der Waals surface area contributed by atoms with Crippen LogP contribution in [-0.2, 0) is 11.8 Å². The Morgan fingerprint density at radius 3 is 2.38 bits per heavy atom. The van der Waals surface area contributed by atoms with Gasteiger partial charge in [0.05, 0.1) is 5.69 Å². The van der Waals surface area contributed by atoms with E-state index in [1.165, 1.54) is 30.2 Å². The zero-order valence-electron chi connectivity index (χ0n) is 21.1. The number of piperidine rings is 1. The molecule has 2 N–H and O–H groups in total. The van der Waals surface area contributed by atoms with Gasteiger partial charge in [-0.25, -0.2) is 28.5 Å². The predicted octanol–water partition coefficient (Wildman–Crippen LogP) is 5.18. The lowest BCUT2D eigenvalue weighted by molar-refractivity contribution is -0.141. The Bertz CT molecular complexity index is 1320. The number of ether oxygens (including phenoxy) is 1. The van der Waals surface area contributed by atoms with Gasteiger partial charge in [-0.3, -0.25) is 0 Å². The lowest BCUT2D eigenvalue weighted by Crippen LogP contribution is -2.41. The van der Waals surface area contributed by atoms with Gasteiger partial charge in [0.1, 0.15) is 41.0 Å². The molecule has 2 amide bonds. The van der Waals surface area contributed by atoms with Crippen LogP contribution >= 0.6 is 0 Å². The summed E-state index contributed by atoms with van der Waals surface area (Å²) in [5, 5.41) is 13.5. The predicted molar refractivity (Wildman–Crippen MR) is 130 cm³/mol. The summed E-state index contributed by atoms with van der Waals surface area (Å²) >= 11 is 0. The van der Waals surface area contributed by atoms with Crippen LogP contribution in [0, 0.1) is 18.6 Å². The Hall–Kier alpha value is -3.87. The van der Waals surface area contributed by atoms with Crippen LogP contribution in [0.4, 0.5) is 32.4 Å². The maximum absolute atomic E-state index is 13.9. The highest BCUT2D eigenvalue weighted by Crippen LogP contribution is 2.35. The molecule has 1 aromatic carbocycles. The number of pyridine rings is 1. The Kier molecular flexibility index (Phi) is 8.00. The third-order valence-electron chi connectivity index (χ3n) is 6.40. The van der Waals surface area contributed by atoms with Crippen LogP contribution in [0.3, 0.4) is 0 Å². The molecular weight excluding hydrogens is 525 g/mol. The van der Waals surface area contributed by atoms with E-state index in [1.54, 1.807) is 6.92 Å². The van der Waals surface area contributed by atoms with Crippen LogP contribution in [0.25, 0.3) is 0 Å². The molecule has 3 heterocycles. The minimum atomic E-state index is -4.64. The van der Waals surface area contributed by atoms with Gasteiger partial charge in [0.2, 0.25) is 5.88 Å². The Morgan fingerprint density at radius 1 is 1.10 bits per heavy atom. The number of alkyl halides is 3. The number of para-hydroxylation sites is 1. The number of rotatable bonds is 6. The number of hydrogen-bond acceptors (Lipinski definition) is 6. The van der Waals surface area contributed by atoms with Crippen molar-refractivity contribution in [3.05, 3.63) is 77.0 Å². The molecule has 1 unspecified atom stereocenters. The number of aryl methyl sites for hydroxylation is 1. The second-order valence-corrected chi connectivity index (χ2v) is 9.43. The van der Waals surface area contributed by atoms with E-state index in [1.807, 2.05) is 0 Å². The molecule has 1 saturated heterocycles. The monoisotopic (exact) mass is 551 g/mol. The second kappa shape index (κ2) is 11.1. The van der Waals surface area contributed by atoms with E-state index in [0.29, 0.717) is 29.9 Å². The number of benzene rings is 1. The fraction of sp³-hybridized carbons (Fsp3) is 0.385. The lowest BCUT2D eigenvalue weighted by Gasteiger charge is -2.34. The highest BCUT2D eigenvalue weighted by Gasteiger charge is 2.35. The summed E-state index contributed by atoms with van der Waals surface area (Å²) in [5.41, 5.74) is -2.47. The first-order valence-electron chi connectivity index (χ1n) is 12.1. The number of halogens is 5. The number of aliphatic hydroxyl groups is 1. The highest BCUT2D eigenvalue weighted by atomic mass is 19.4. The summed E-state index contributed by atoms with van der Waals surface area (Å²) < 4.78 is 72.2. The van der Waals surface area contributed by atoms with Crippen molar-refractivity contribution in [1.82, 2.24) is 19.9 Å². The molecule has 0 spiro atoms. The fourth-order valence-electron chi connectivity index (χ4n) is 4.32. The summed E-state index contributed by atoms with van der Waals surface area (Å²) in [6.45, 7) is 3.19. The number of nitrogens with zero attached hydrogens (tertiary/aromatic N) is 4. The first-order valence-corrected chi connectivity index (χ1v) is 12.1. The van der Waals surface area contributed by atoms with Gasteiger partial charge in [0, 0.05) is 36.8 Å². The van der Waals surface area contributed by atoms with Crippen LogP contribution in [0.2, 0.25) is 0 Å². The zero-order chi connectivity index (χ0) is 28.4. The number of likely N-dealkylation sites (tertiary alicyclic amines) is 1. The molecule has 1 aliphatic rings. The van der Waals surface area contributed by atoms with E-state index in [-0.39, 0.29) is 24.9 Å². The summed E-state index contributed by atoms with van der Waals surface area (Å²) in [5.74, 6) is -1.83. The van der Waals surface area contributed by atoms with Crippen molar-refractivity contribution in [3.63, 3.8) is 0 Å². The van der Waals surface area contributed by atoms with Crippen LogP contribution in [-0.4, -0.2) is 50.7 Å². The van der Waals surface area contributed by atoms with E-state index in [4.69, 9.17) is 4.74 Å². The van der Waals surface area contributed by atoms with Crippen molar-refractivity contribution in [3.8, 4) is 5.88 Å². The average Bonchev–Trinajstić information content (AvgIpc) is 2.89. The third-order valence-corrected chi connectivity index (χ3v) is 6.40. The number of hydrogen-bond donors (Lipinski definition) is 2. The summed E-state index contributed by atoms with van der Waals surface area (Å²) in [6, 6.07) is 5.87. The van der Waals surface area contributed by atoms with Crippen LogP contribution in [0.1, 0.15) is 48.5 Å². The number of carbonyl (C=O) groups excluding carboxylic acids is 1. The molecule has 2 aromatic heterocycles. The van der Waals surface area contributed by atoms with E-state index < -0.39 is 47.4 Å². The maximum atomic E-state index is 13.9. The van der Waals surface area contributed by atoms with Crippen molar-refractivity contribution in [2.45, 2.75) is 44.4 Å². The Morgan fingerprint density at radius 2 is 1.74 bits per heavy atom. The molecule has 13 heteroatoms. The number of anilines is 1. The highest BCUT2D eigenvalue weighted by molar-refractivity contribution is 5.89. The molecule has 0 saturated carbocycles. The molecule has 1 fully saturated rings. The quantitative estimate of drug-likeness (QED) is 0.410. The molecule has 208 valence electrons. The largest absolute Gasteiger partial charge is 0.474 e. The molecule has 0 aliphatic carbocycles. The van der Waals surface area contributed by atoms with Crippen molar-refractivity contribution < 1.29 is 36.6 Å². The van der Waals surface area contributed by atoms with Crippen LogP contribution < -0.4 is 10.1 Å². The van der Waals surface area contributed by atoms with Gasteiger partial charge < -0.3 is 20.1 Å². The Balaban J connectivity index is 1.45. The molecule has 1 aliphatic heterocycles. The Labute approximate surface area is 220 Å². The normalized spacial score (nSPS) is 16.1. The smallest absolute Gasteiger partial charge is 0.433 e. The van der Waals surface area contributed by atoms with Crippen LogP contribution in [0.5, 0.6) is 5.88 Å². The standard InChI is InChI=1S/C26H26F5N5O3/c1-15-32-13-17(25(2,38)14-39-21-8-4-7-20(34-21)26(29,30)31)22(33-15)16-9-11-36(12-10-16)24(37)35-23-18(27)5-3-6-19(23)28/h3-8,13,16,38H,9-12,14H2,1-2H3,(H,35,37). The molecule has 8 nitrogen and oxygen atoms in total. The van der Waals surface area contributed by atoms with E-state index in [2.05, 4.69) is 20.3 Å². The number of urea groups is 1. The molecule has 3 aromatic rings. The zero-order valence-corrected chi connectivity index (χ0v) is 21.1. The number of amides is 2. The van der Waals surface area contributed by atoms with Crippen molar-refractivity contribution >= 4 is 11.7 Å².